The molecule has 0 aromatic heterocycles. The van der Waals surface area contributed by atoms with E-state index in [1.165, 1.54) is 19.3 Å². The summed E-state index contributed by atoms with van der Waals surface area (Å²) in [6.07, 6.45) is 9.23. The van der Waals surface area contributed by atoms with Crippen LogP contribution >= 0.6 is 0 Å². The number of amides is 1. The largest absolute Gasteiger partial charge is 0.495 e. The van der Waals surface area contributed by atoms with Gasteiger partial charge in [-0.3, -0.25) is 4.79 Å². The average Bonchev–Trinajstić information content (AvgIpc) is 2.46. The molecule has 0 heterocycles. The topological polar surface area (TPSA) is 64.3 Å². The zero-order valence-corrected chi connectivity index (χ0v) is 11.9. The second-order valence-electron chi connectivity index (χ2n) is 5.18. The lowest BCUT2D eigenvalue weighted by atomic mass is 9.95. The molecule has 1 amide bonds. The van der Waals surface area contributed by atoms with Crippen molar-refractivity contribution >= 4 is 17.7 Å². The maximum atomic E-state index is 11.8. The lowest BCUT2D eigenvalue weighted by Crippen LogP contribution is -2.34. The summed E-state index contributed by atoms with van der Waals surface area (Å²) in [5.41, 5.74) is 7.29. The Morgan fingerprint density at radius 2 is 2.10 bits per heavy atom. The normalized spacial score (nSPS) is 16.2. The highest BCUT2D eigenvalue weighted by molar-refractivity contribution is 5.92. The number of hydrogen-bond acceptors (Lipinski definition) is 3. The molecule has 1 saturated carbocycles. The quantitative estimate of drug-likeness (QED) is 0.655. The molecule has 1 aliphatic carbocycles. The summed E-state index contributed by atoms with van der Waals surface area (Å²) in [4.78, 5) is 11.8. The number of nitrogens with one attached hydrogen (secondary N) is 1. The highest BCUT2D eigenvalue weighted by atomic mass is 16.5. The van der Waals surface area contributed by atoms with Crippen LogP contribution in [0.4, 0.5) is 5.69 Å². The minimum absolute atomic E-state index is 0.0358. The van der Waals surface area contributed by atoms with E-state index in [0.717, 1.165) is 18.4 Å². The monoisotopic (exact) mass is 274 g/mol. The van der Waals surface area contributed by atoms with E-state index < -0.39 is 0 Å². The van der Waals surface area contributed by atoms with Gasteiger partial charge in [0.25, 0.3) is 0 Å². The van der Waals surface area contributed by atoms with E-state index in [4.69, 9.17) is 10.5 Å². The smallest absolute Gasteiger partial charge is 0.244 e. The van der Waals surface area contributed by atoms with Gasteiger partial charge in [-0.1, -0.05) is 25.3 Å². The van der Waals surface area contributed by atoms with Gasteiger partial charge in [0.2, 0.25) is 5.91 Å². The van der Waals surface area contributed by atoms with Gasteiger partial charge in [0, 0.05) is 12.1 Å². The number of rotatable bonds is 4. The number of nitrogens with two attached hydrogens (primary N) is 1. The lowest BCUT2D eigenvalue weighted by molar-refractivity contribution is -0.117. The van der Waals surface area contributed by atoms with Gasteiger partial charge in [-0.25, -0.2) is 0 Å². The molecule has 1 aliphatic rings. The zero-order valence-electron chi connectivity index (χ0n) is 11.9. The van der Waals surface area contributed by atoms with Gasteiger partial charge >= 0.3 is 0 Å². The van der Waals surface area contributed by atoms with Crippen molar-refractivity contribution in [2.75, 3.05) is 12.8 Å². The van der Waals surface area contributed by atoms with E-state index in [9.17, 15) is 4.79 Å². The Kier molecular flexibility index (Phi) is 5.04. The molecule has 2 rings (SSSR count). The highest BCUT2D eigenvalue weighted by Gasteiger charge is 2.14. The van der Waals surface area contributed by atoms with Gasteiger partial charge in [-0.05, 0) is 36.6 Å². The maximum Gasteiger partial charge on any atom is 0.244 e. The fourth-order valence-electron chi connectivity index (χ4n) is 2.52. The van der Waals surface area contributed by atoms with Crippen LogP contribution in [-0.2, 0) is 4.79 Å². The molecule has 1 aromatic rings. The predicted octanol–water partition coefficient (Wildman–Crippen LogP) is 2.74. The molecular formula is C16H22N2O2. The first kappa shape index (κ1) is 14.4. The first-order valence-corrected chi connectivity index (χ1v) is 7.11. The van der Waals surface area contributed by atoms with Crippen LogP contribution in [0.1, 0.15) is 37.7 Å². The highest BCUT2D eigenvalue weighted by Crippen LogP contribution is 2.22. The Morgan fingerprint density at radius 1 is 1.35 bits per heavy atom. The number of ether oxygens (including phenoxy) is 1. The number of methoxy groups -OCH3 is 1. The molecule has 0 aliphatic heterocycles. The Balaban J connectivity index is 1.91. The van der Waals surface area contributed by atoms with E-state index in [0.29, 0.717) is 17.5 Å². The van der Waals surface area contributed by atoms with Crippen molar-refractivity contribution in [1.82, 2.24) is 5.32 Å². The van der Waals surface area contributed by atoms with Gasteiger partial charge in [-0.2, -0.15) is 0 Å². The van der Waals surface area contributed by atoms with Gasteiger partial charge in [0.05, 0.1) is 12.8 Å². The summed E-state index contributed by atoms with van der Waals surface area (Å²) >= 11 is 0. The summed E-state index contributed by atoms with van der Waals surface area (Å²) in [6.45, 7) is 0. The minimum Gasteiger partial charge on any atom is -0.495 e. The lowest BCUT2D eigenvalue weighted by Gasteiger charge is -2.21. The van der Waals surface area contributed by atoms with Crippen LogP contribution in [0, 0.1) is 0 Å². The van der Waals surface area contributed by atoms with Crippen molar-refractivity contribution in [1.29, 1.82) is 0 Å². The number of carbonyl (C=O) groups excluding carboxylic acids is 1. The molecule has 0 spiro atoms. The molecule has 108 valence electrons. The van der Waals surface area contributed by atoms with Gasteiger partial charge in [0.15, 0.2) is 0 Å². The van der Waals surface area contributed by atoms with E-state index >= 15 is 0 Å². The minimum atomic E-state index is -0.0358. The van der Waals surface area contributed by atoms with Crippen LogP contribution in [0.3, 0.4) is 0 Å². The first-order chi connectivity index (χ1) is 9.69. The second-order valence-corrected chi connectivity index (χ2v) is 5.18. The summed E-state index contributed by atoms with van der Waals surface area (Å²) in [5.74, 6) is 0.611. The summed E-state index contributed by atoms with van der Waals surface area (Å²) in [7, 11) is 1.58. The Bertz CT molecular complexity index is 491. The molecule has 4 heteroatoms. The Morgan fingerprint density at radius 3 is 2.75 bits per heavy atom. The zero-order chi connectivity index (χ0) is 14.4. The van der Waals surface area contributed by atoms with Gasteiger partial charge in [-0.15, -0.1) is 0 Å². The molecule has 0 radical (unpaired) electrons. The molecule has 0 bridgehead atoms. The number of anilines is 1. The van der Waals surface area contributed by atoms with Crippen molar-refractivity contribution in [2.24, 2.45) is 0 Å². The van der Waals surface area contributed by atoms with E-state index in [1.54, 1.807) is 31.4 Å². The molecule has 20 heavy (non-hydrogen) atoms. The van der Waals surface area contributed by atoms with Crippen LogP contribution in [-0.4, -0.2) is 19.1 Å². The number of hydrogen-bond donors (Lipinski definition) is 2. The van der Waals surface area contributed by atoms with Crippen molar-refractivity contribution < 1.29 is 9.53 Å². The van der Waals surface area contributed by atoms with Crippen LogP contribution in [0.25, 0.3) is 6.08 Å². The Hall–Kier alpha value is -1.97. The molecule has 0 unspecified atom stereocenters. The standard InChI is InChI=1S/C16H22N2O2/c1-20-15-9-7-12(11-14(15)17)8-10-16(19)18-13-5-3-2-4-6-13/h7-11,13H,2-6,17H2,1H3,(H,18,19)/b10-8+. The molecule has 1 fully saturated rings. The van der Waals surface area contributed by atoms with Gasteiger partial charge in [0.1, 0.15) is 5.75 Å². The third-order valence-corrected chi connectivity index (χ3v) is 3.63. The van der Waals surface area contributed by atoms with Crippen molar-refractivity contribution in [3.05, 3.63) is 29.8 Å². The van der Waals surface area contributed by atoms with Crippen LogP contribution in [0.5, 0.6) is 5.75 Å². The molecular weight excluding hydrogens is 252 g/mol. The van der Waals surface area contributed by atoms with E-state index in [1.807, 2.05) is 6.07 Å². The third-order valence-electron chi connectivity index (χ3n) is 3.63. The Labute approximate surface area is 120 Å². The van der Waals surface area contributed by atoms with Crippen LogP contribution < -0.4 is 15.8 Å². The average molecular weight is 274 g/mol. The number of carbonyl (C=O) groups is 1. The molecule has 4 nitrogen and oxygen atoms in total. The maximum absolute atomic E-state index is 11.8. The fraction of sp³-hybridized carbons (Fsp3) is 0.438. The van der Waals surface area contributed by atoms with Crippen molar-refractivity contribution in [3.63, 3.8) is 0 Å². The van der Waals surface area contributed by atoms with Crippen LogP contribution in [0.2, 0.25) is 0 Å². The SMILES string of the molecule is COc1ccc(/C=C/C(=O)NC2CCCCC2)cc1N. The van der Waals surface area contributed by atoms with Crippen molar-refractivity contribution in [2.45, 2.75) is 38.1 Å². The summed E-state index contributed by atoms with van der Waals surface area (Å²) in [5, 5.41) is 3.04. The van der Waals surface area contributed by atoms with Gasteiger partial charge < -0.3 is 15.8 Å². The number of nitrogen functional groups attached to an aromatic ring is 1. The second kappa shape index (κ2) is 6.98. The van der Waals surface area contributed by atoms with E-state index in [-0.39, 0.29) is 5.91 Å². The fourth-order valence-corrected chi connectivity index (χ4v) is 2.52. The first-order valence-electron chi connectivity index (χ1n) is 7.11. The van der Waals surface area contributed by atoms with Crippen molar-refractivity contribution in [3.8, 4) is 5.75 Å². The third kappa shape index (κ3) is 4.02. The predicted molar refractivity (Wildman–Crippen MR) is 81.5 cm³/mol. The summed E-state index contributed by atoms with van der Waals surface area (Å²) < 4.78 is 5.10. The molecule has 3 N–H and O–H groups in total. The number of benzene rings is 1. The molecule has 1 aromatic carbocycles. The van der Waals surface area contributed by atoms with E-state index in [2.05, 4.69) is 5.32 Å². The van der Waals surface area contributed by atoms with Crippen LogP contribution in [0.15, 0.2) is 24.3 Å². The molecule has 0 atom stereocenters. The summed E-state index contributed by atoms with van der Waals surface area (Å²) in [6, 6.07) is 5.80. The molecule has 0 saturated heterocycles.